The van der Waals surface area contributed by atoms with Crippen molar-refractivity contribution in [3.05, 3.63) is 89.5 Å². The number of anilines is 1. The van der Waals surface area contributed by atoms with Gasteiger partial charge in [0, 0.05) is 19.3 Å². The summed E-state index contributed by atoms with van der Waals surface area (Å²) in [6.07, 6.45) is 0. The monoisotopic (exact) mass is 422 g/mol. The van der Waals surface area contributed by atoms with E-state index in [4.69, 9.17) is 0 Å². The Hall–Kier alpha value is -3.12. The van der Waals surface area contributed by atoms with Crippen molar-refractivity contribution in [3.63, 3.8) is 0 Å². The summed E-state index contributed by atoms with van der Waals surface area (Å²) in [5.41, 5.74) is 3.27. The molecule has 0 aliphatic carbocycles. The average molecular weight is 423 g/mol. The van der Waals surface area contributed by atoms with Crippen LogP contribution in [0.25, 0.3) is 0 Å². The lowest BCUT2D eigenvalue weighted by Crippen LogP contribution is -2.31. The Morgan fingerprint density at radius 2 is 1.57 bits per heavy atom. The van der Waals surface area contributed by atoms with Crippen molar-refractivity contribution in [2.24, 2.45) is 0 Å². The molecule has 3 aromatic carbocycles. The van der Waals surface area contributed by atoms with Crippen LogP contribution in [-0.4, -0.2) is 32.8 Å². The molecular weight excluding hydrogens is 396 g/mol. The van der Waals surface area contributed by atoms with Crippen LogP contribution in [0.5, 0.6) is 0 Å². The first-order valence-corrected chi connectivity index (χ1v) is 11.2. The fourth-order valence-corrected chi connectivity index (χ4v) is 4.71. The van der Waals surface area contributed by atoms with E-state index in [0.29, 0.717) is 17.8 Å². The molecule has 0 saturated carbocycles. The maximum absolute atomic E-state index is 13.1. The summed E-state index contributed by atoms with van der Waals surface area (Å²) in [6.45, 7) is 4.26. The highest BCUT2D eigenvalue weighted by Gasteiger charge is 2.21. The number of rotatable bonds is 7. The van der Waals surface area contributed by atoms with Gasteiger partial charge in [-0.15, -0.1) is 0 Å². The number of likely N-dealkylation sites (N-methyl/N-ethyl adjacent to an activating group) is 1. The predicted molar refractivity (Wildman–Crippen MR) is 119 cm³/mol. The smallest absolute Gasteiger partial charge is 0.241 e. The first kappa shape index (κ1) is 21.6. The number of aryl methyl sites for hydroxylation is 1. The van der Waals surface area contributed by atoms with Gasteiger partial charge in [0.1, 0.15) is 0 Å². The van der Waals surface area contributed by atoms with Crippen LogP contribution in [0.1, 0.15) is 16.7 Å². The highest BCUT2D eigenvalue weighted by molar-refractivity contribution is 7.91. The van der Waals surface area contributed by atoms with Gasteiger partial charge in [-0.25, -0.2) is 8.42 Å². The van der Waals surface area contributed by atoms with Crippen molar-refractivity contribution in [2.45, 2.75) is 30.2 Å². The summed E-state index contributed by atoms with van der Waals surface area (Å²) in [4.78, 5) is 14.6. The van der Waals surface area contributed by atoms with Crippen LogP contribution in [0.3, 0.4) is 0 Å². The van der Waals surface area contributed by atoms with Crippen molar-refractivity contribution in [2.75, 3.05) is 18.9 Å². The number of amides is 1. The molecule has 0 bridgehead atoms. The number of benzene rings is 3. The molecular formula is C24H26N2O3S. The molecule has 0 unspecified atom stereocenters. The Morgan fingerprint density at radius 1 is 0.900 bits per heavy atom. The topological polar surface area (TPSA) is 66.5 Å². The number of carbonyl (C=O) groups excluding carboxylic acids is 1. The van der Waals surface area contributed by atoms with E-state index in [1.807, 2.05) is 37.3 Å². The molecule has 0 spiro atoms. The van der Waals surface area contributed by atoms with Crippen LogP contribution >= 0.6 is 0 Å². The summed E-state index contributed by atoms with van der Waals surface area (Å²) in [6, 6.07) is 21.6. The Bertz CT molecular complexity index is 1120. The summed E-state index contributed by atoms with van der Waals surface area (Å²) in [7, 11) is -1.89. The van der Waals surface area contributed by atoms with Crippen LogP contribution in [0.4, 0.5) is 5.69 Å². The van der Waals surface area contributed by atoms with Crippen molar-refractivity contribution < 1.29 is 13.2 Å². The molecule has 3 aromatic rings. The van der Waals surface area contributed by atoms with E-state index in [9.17, 15) is 13.2 Å². The molecule has 0 aliphatic heterocycles. The minimum atomic E-state index is -3.64. The molecule has 0 atom stereocenters. The molecule has 0 aliphatic rings. The third kappa shape index (κ3) is 4.89. The second-order valence-corrected chi connectivity index (χ2v) is 9.25. The van der Waals surface area contributed by atoms with Crippen LogP contribution in [0.15, 0.2) is 82.6 Å². The minimum Gasteiger partial charge on any atom is -0.376 e. The van der Waals surface area contributed by atoms with Crippen molar-refractivity contribution in [1.82, 2.24) is 4.90 Å². The van der Waals surface area contributed by atoms with Gasteiger partial charge in [0.25, 0.3) is 0 Å². The zero-order valence-electron chi connectivity index (χ0n) is 17.4. The zero-order valence-corrected chi connectivity index (χ0v) is 18.2. The first-order chi connectivity index (χ1) is 14.3. The fourth-order valence-electron chi connectivity index (χ4n) is 3.19. The Balaban J connectivity index is 1.73. The summed E-state index contributed by atoms with van der Waals surface area (Å²) >= 11 is 0. The summed E-state index contributed by atoms with van der Waals surface area (Å²) in [5, 5.41) is 3.10. The molecule has 5 nitrogen and oxygen atoms in total. The fraction of sp³-hybridized carbons (Fsp3) is 0.208. The van der Waals surface area contributed by atoms with Crippen LogP contribution in [0, 0.1) is 13.8 Å². The average Bonchev–Trinajstić information content (AvgIpc) is 2.73. The molecule has 1 amide bonds. The highest BCUT2D eigenvalue weighted by Crippen LogP contribution is 2.28. The van der Waals surface area contributed by atoms with Gasteiger partial charge in [0.05, 0.1) is 16.3 Å². The summed E-state index contributed by atoms with van der Waals surface area (Å²) in [5.74, 6) is -0.0787. The van der Waals surface area contributed by atoms with Crippen LogP contribution in [-0.2, 0) is 21.2 Å². The summed E-state index contributed by atoms with van der Waals surface area (Å²) < 4.78 is 26.1. The zero-order chi connectivity index (χ0) is 21.7. The van der Waals surface area contributed by atoms with Gasteiger partial charge < -0.3 is 10.2 Å². The maximum Gasteiger partial charge on any atom is 0.241 e. The number of nitrogens with one attached hydrogen (secondary N) is 1. The van der Waals surface area contributed by atoms with Crippen molar-refractivity contribution in [1.29, 1.82) is 0 Å². The van der Waals surface area contributed by atoms with Gasteiger partial charge in [-0.1, -0.05) is 54.1 Å². The lowest BCUT2D eigenvalue weighted by Gasteiger charge is -2.19. The van der Waals surface area contributed by atoms with E-state index in [2.05, 4.69) is 5.32 Å². The number of hydrogen-bond donors (Lipinski definition) is 1. The Labute approximate surface area is 178 Å². The normalized spacial score (nSPS) is 11.2. The molecule has 3 rings (SSSR count). The molecule has 0 radical (unpaired) electrons. The number of carbonyl (C=O) groups is 1. The third-order valence-electron chi connectivity index (χ3n) is 5.02. The van der Waals surface area contributed by atoms with Crippen molar-refractivity contribution in [3.8, 4) is 0 Å². The molecule has 0 heterocycles. The Morgan fingerprint density at radius 3 is 2.23 bits per heavy atom. The van der Waals surface area contributed by atoms with Crippen LogP contribution < -0.4 is 5.32 Å². The largest absolute Gasteiger partial charge is 0.376 e. The maximum atomic E-state index is 13.1. The number of nitrogens with zero attached hydrogens (tertiary/aromatic N) is 1. The molecule has 0 aromatic heterocycles. The molecule has 0 fully saturated rings. The van der Waals surface area contributed by atoms with E-state index in [1.54, 1.807) is 61.3 Å². The predicted octanol–water partition coefficient (Wildman–Crippen LogP) is 4.21. The molecule has 0 saturated heterocycles. The van der Waals surface area contributed by atoms with E-state index < -0.39 is 9.84 Å². The molecule has 156 valence electrons. The van der Waals surface area contributed by atoms with Gasteiger partial charge in [-0.2, -0.15) is 0 Å². The van der Waals surface area contributed by atoms with Gasteiger partial charge in [-0.05, 0) is 49.2 Å². The number of hydrogen-bond acceptors (Lipinski definition) is 4. The standard InChI is InChI=1S/C24H26N2O3S/c1-18-12-14-21(15-13-18)30(28,29)23-11-7-10-22(19(23)2)25-16-24(27)26(3)17-20-8-5-4-6-9-20/h4-15,25H,16-17H2,1-3H3. The minimum absolute atomic E-state index is 0.0787. The second-order valence-electron chi connectivity index (χ2n) is 7.33. The highest BCUT2D eigenvalue weighted by atomic mass is 32.2. The molecule has 1 N–H and O–H groups in total. The van der Waals surface area contributed by atoms with Gasteiger partial charge in [0.2, 0.25) is 15.7 Å². The molecule has 30 heavy (non-hydrogen) atoms. The van der Waals surface area contributed by atoms with E-state index in [1.165, 1.54) is 0 Å². The van der Waals surface area contributed by atoms with Gasteiger partial charge in [0.15, 0.2) is 0 Å². The van der Waals surface area contributed by atoms with Crippen molar-refractivity contribution >= 4 is 21.4 Å². The molecule has 6 heteroatoms. The van der Waals surface area contributed by atoms with E-state index in [0.717, 1.165) is 11.1 Å². The number of sulfone groups is 1. The third-order valence-corrected chi connectivity index (χ3v) is 6.94. The lowest BCUT2D eigenvalue weighted by molar-refractivity contribution is -0.128. The van der Waals surface area contributed by atoms with Gasteiger partial charge in [-0.3, -0.25) is 4.79 Å². The van der Waals surface area contributed by atoms with E-state index in [-0.39, 0.29) is 22.2 Å². The SMILES string of the molecule is Cc1ccc(S(=O)(=O)c2cccc(NCC(=O)N(C)Cc3ccccc3)c2C)cc1. The first-order valence-electron chi connectivity index (χ1n) is 9.72. The second kappa shape index (κ2) is 9.13. The lowest BCUT2D eigenvalue weighted by atomic mass is 10.2. The van der Waals surface area contributed by atoms with Crippen LogP contribution in [0.2, 0.25) is 0 Å². The quantitative estimate of drug-likeness (QED) is 0.620. The Kier molecular flexibility index (Phi) is 6.57. The van der Waals surface area contributed by atoms with E-state index >= 15 is 0 Å². The van der Waals surface area contributed by atoms with Gasteiger partial charge >= 0.3 is 0 Å².